The molecule has 0 saturated heterocycles. The second kappa shape index (κ2) is 17.0. The van der Waals surface area contributed by atoms with E-state index in [1.165, 1.54) is 14.0 Å². The second-order valence-corrected chi connectivity index (χ2v) is 8.86. The number of esters is 1. The minimum atomic E-state index is -1.14. The quantitative estimate of drug-likeness (QED) is 0.105. The van der Waals surface area contributed by atoms with Gasteiger partial charge in [0.2, 0.25) is 17.7 Å². The van der Waals surface area contributed by atoms with Crippen molar-refractivity contribution < 1.29 is 33.5 Å². The van der Waals surface area contributed by atoms with Crippen LogP contribution in [0.4, 0.5) is 4.79 Å². The number of amides is 5. The van der Waals surface area contributed by atoms with Crippen LogP contribution in [0.1, 0.15) is 60.3 Å². The average molecular weight is 513 g/mol. The van der Waals surface area contributed by atoms with Crippen molar-refractivity contribution in [3.05, 3.63) is 0 Å². The normalized spacial score (nSPS) is 13.6. The van der Waals surface area contributed by atoms with E-state index in [9.17, 15) is 28.8 Å². The van der Waals surface area contributed by atoms with Gasteiger partial charge in [0.05, 0.1) is 12.3 Å². The van der Waals surface area contributed by atoms with Crippen molar-refractivity contribution in [2.75, 3.05) is 13.6 Å². The number of hydrogen-bond donors (Lipinski definition) is 5. The van der Waals surface area contributed by atoms with Crippen LogP contribution in [0.5, 0.6) is 0 Å². The van der Waals surface area contributed by atoms with Crippen LogP contribution >= 0.6 is 0 Å². The maximum Gasteiger partial charge on any atom is 0.328 e. The second-order valence-electron chi connectivity index (χ2n) is 8.86. The molecule has 0 rings (SSSR count). The van der Waals surface area contributed by atoms with Crippen LogP contribution in [0, 0.1) is 5.92 Å². The van der Waals surface area contributed by atoms with Gasteiger partial charge in [0, 0.05) is 26.9 Å². The van der Waals surface area contributed by atoms with E-state index >= 15 is 0 Å². The maximum atomic E-state index is 13.1. The number of primary amides is 1. The lowest BCUT2D eigenvalue weighted by molar-refractivity contribution is -0.152. The van der Waals surface area contributed by atoms with Gasteiger partial charge in [0.25, 0.3) is 0 Å². The number of ketones is 1. The van der Waals surface area contributed by atoms with Gasteiger partial charge < -0.3 is 31.7 Å². The number of nitrogens with two attached hydrogens (primary N) is 1. The zero-order valence-corrected chi connectivity index (χ0v) is 21.9. The monoisotopic (exact) mass is 512 g/mol. The van der Waals surface area contributed by atoms with Crippen LogP contribution < -0.4 is 27.0 Å². The number of carbonyl (C=O) groups excluding carboxylic acids is 6. The Morgan fingerprint density at radius 3 is 2.03 bits per heavy atom. The Labute approximate surface area is 211 Å². The lowest BCUT2D eigenvalue weighted by Gasteiger charge is -2.26. The van der Waals surface area contributed by atoms with Gasteiger partial charge >= 0.3 is 12.0 Å². The first-order valence-electron chi connectivity index (χ1n) is 11.8. The summed E-state index contributed by atoms with van der Waals surface area (Å²) in [6.45, 7) is 8.19. The molecule has 13 nitrogen and oxygen atoms in total. The van der Waals surface area contributed by atoms with E-state index in [1.807, 2.05) is 0 Å². The summed E-state index contributed by atoms with van der Waals surface area (Å²) in [6, 6.07) is -3.88. The molecule has 0 aliphatic carbocycles. The van der Waals surface area contributed by atoms with E-state index < -0.39 is 54.0 Å². The summed E-state index contributed by atoms with van der Waals surface area (Å²) in [6.07, 6.45) is 0.940. The minimum Gasteiger partial charge on any atom is -0.461 e. The molecule has 6 N–H and O–H groups in total. The third kappa shape index (κ3) is 14.0. The predicted molar refractivity (Wildman–Crippen MR) is 133 cm³/mol. The number of urea groups is 1. The summed E-state index contributed by atoms with van der Waals surface area (Å²) in [5.74, 6) is -3.00. The van der Waals surface area contributed by atoms with E-state index in [0.717, 1.165) is 6.21 Å². The van der Waals surface area contributed by atoms with E-state index in [1.54, 1.807) is 27.7 Å². The van der Waals surface area contributed by atoms with E-state index in [0.29, 0.717) is 0 Å². The van der Waals surface area contributed by atoms with Crippen molar-refractivity contribution in [2.45, 2.75) is 84.5 Å². The highest BCUT2D eigenvalue weighted by Crippen LogP contribution is 2.08. The van der Waals surface area contributed by atoms with Crippen LogP contribution in [-0.2, 0) is 28.7 Å². The minimum absolute atomic E-state index is 0.0352. The summed E-state index contributed by atoms with van der Waals surface area (Å²) in [5, 5.41) is 10.1. The molecule has 13 heteroatoms. The highest BCUT2D eigenvalue weighted by Gasteiger charge is 2.31. The van der Waals surface area contributed by atoms with Crippen LogP contribution in [-0.4, -0.2) is 79.5 Å². The fourth-order valence-corrected chi connectivity index (χ4v) is 3.13. The molecule has 0 unspecified atom stereocenters. The number of aliphatic imine (C=N–C) groups is 1. The van der Waals surface area contributed by atoms with Crippen LogP contribution in [0.25, 0.3) is 0 Å². The van der Waals surface area contributed by atoms with Crippen LogP contribution in [0.3, 0.4) is 0 Å². The van der Waals surface area contributed by atoms with Crippen molar-refractivity contribution in [3.63, 3.8) is 0 Å². The number of Topliss-reactive ketones (excluding diaryl/α,β-unsaturated/α-hetero) is 1. The number of nitrogens with zero attached hydrogens (tertiary/aromatic N) is 1. The van der Waals surface area contributed by atoms with Crippen molar-refractivity contribution in [2.24, 2.45) is 16.6 Å². The third-order valence-corrected chi connectivity index (χ3v) is 4.82. The first-order valence-corrected chi connectivity index (χ1v) is 11.8. The fraction of sp³-hybridized carbons (Fsp3) is 0.696. The van der Waals surface area contributed by atoms with Crippen molar-refractivity contribution in [1.82, 2.24) is 21.3 Å². The Balaban J connectivity index is 5.67. The molecule has 0 saturated carbocycles. The highest BCUT2D eigenvalue weighted by molar-refractivity contribution is 6.27. The topological polar surface area (TPSA) is 198 Å². The number of ether oxygens (including phenoxy) is 1. The molecule has 0 aromatic heterocycles. The van der Waals surface area contributed by atoms with Gasteiger partial charge in [-0.25, -0.2) is 9.59 Å². The smallest absolute Gasteiger partial charge is 0.328 e. The molecule has 0 aromatic rings. The predicted octanol–water partition coefficient (Wildman–Crippen LogP) is -0.433. The lowest BCUT2D eigenvalue weighted by atomic mass is 10.0. The highest BCUT2D eigenvalue weighted by atomic mass is 16.5. The summed E-state index contributed by atoms with van der Waals surface area (Å²) < 4.78 is 5.21. The summed E-state index contributed by atoms with van der Waals surface area (Å²) >= 11 is 0. The lowest BCUT2D eigenvalue weighted by Crippen LogP contribution is -2.57. The van der Waals surface area contributed by atoms with Gasteiger partial charge in [0.1, 0.15) is 18.1 Å². The number of rotatable bonds is 16. The van der Waals surface area contributed by atoms with Gasteiger partial charge in [-0.05, 0) is 39.0 Å². The average Bonchev–Trinajstić information content (AvgIpc) is 2.75. The molecule has 3 atom stereocenters. The Morgan fingerprint density at radius 1 is 0.917 bits per heavy atom. The zero-order chi connectivity index (χ0) is 27.8. The fourth-order valence-electron chi connectivity index (χ4n) is 3.13. The first-order chi connectivity index (χ1) is 16.8. The third-order valence-electron chi connectivity index (χ3n) is 4.82. The van der Waals surface area contributed by atoms with E-state index in [-0.39, 0.29) is 43.9 Å². The molecule has 0 bridgehead atoms. The number of carbonyl (C=O) groups is 6. The molecule has 0 radical (unpaired) electrons. The molecule has 0 aliphatic rings. The molecule has 5 amide bonds. The van der Waals surface area contributed by atoms with Gasteiger partial charge in [0.15, 0.2) is 5.78 Å². The van der Waals surface area contributed by atoms with Crippen molar-refractivity contribution in [3.8, 4) is 0 Å². The van der Waals surface area contributed by atoms with Crippen LogP contribution in [0.15, 0.2) is 4.99 Å². The largest absolute Gasteiger partial charge is 0.461 e. The molecular weight excluding hydrogens is 472 g/mol. The maximum absolute atomic E-state index is 13.1. The van der Waals surface area contributed by atoms with Gasteiger partial charge in [-0.1, -0.05) is 13.8 Å². The molecule has 0 fully saturated rings. The van der Waals surface area contributed by atoms with Gasteiger partial charge in [-0.3, -0.25) is 24.2 Å². The van der Waals surface area contributed by atoms with Crippen molar-refractivity contribution >= 4 is 41.7 Å². The Bertz CT molecular complexity index is 813. The molecule has 0 aromatic carbocycles. The first kappa shape index (κ1) is 32.5. The van der Waals surface area contributed by atoms with Crippen LogP contribution in [0.2, 0.25) is 0 Å². The molecule has 36 heavy (non-hydrogen) atoms. The van der Waals surface area contributed by atoms with Gasteiger partial charge in [-0.15, -0.1) is 0 Å². The number of nitrogens with one attached hydrogen (secondary N) is 4. The molecule has 0 heterocycles. The van der Waals surface area contributed by atoms with E-state index in [4.69, 9.17) is 10.5 Å². The Kier molecular flexibility index (Phi) is 15.3. The standard InChI is InChI=1S/C23H40N6O7/c1-13(2)19(27-15(5)30)21(33)28-17(8-7-11-26-23(24)35)20(32)29-18(22(34)36-14(3)4)10-9-16(31)12-25-6/h12-14,17-19H,7-11H2,1-6H3,(H,27,30)(H,28,33)(H,29,32)(H3,24,26,35)/t17-,18-,19-/m0/s1. The molecule has 0 aliphatic heterocycles. The molecule has 204 valence electrons. The molecule has 0 spiro atoms. The summed E-state index contributed by atoms with van der Waals surface area (Å²) in [4.78, 5) is 76.6. The van der Waals surface area contributed by atoms with Crippen molar-refractivity contribution in [1.29, 1.82) is 0 Å². The summed E-state index contributed by atoms with van der Waals surface area (Å²) in [5.41, 5.74) is 5.06. The Morgan fingerprint density at radius 2 is 1.53 bits per heavy atom. The van der Waals surface area contributed by atoms with Gasteiger partial charge in [-0.2, -0.15) is 0 Å². The molecular formula is C23H40N6O7. The van der Waals surface area contributed by atoms with E-state index in [2.05, 4.69) is 26.3 Å². The SMILES string of the molecule is CN=CC(=O)CC[C@H](NC(=O)[C@H](CCCNC(N)=O)NC(=O)[C@@H](NC(C)=O)C(C)C)C(=O)OC(C)C. The zero-order valence-electron chi connectivity index (χ0n) is 21.9. The Hall–Kier alpha value is -3.51. The number of hydrogen-bond acceptors (Lipinski definition) is 8. The summed E-state index contributed by atoms with van der Waals surface area (Å²) in [7, 11) is 1.44.